The number of carbonyl (C=O) groups excluding carboxylic acids is 1. The highest BCUT2D eigenvalue weighted by Crippen LogP contribution is 2.20. The van der Waals surface area contributed by atoms with Gasteiger partial charge in [0.1, 0.15) is 11.9 Å². The molecule has 0 N–H and O–H groups in total. The van der Waals surface area contributed by atoms with Crippen LogP contribution in [0.1, 0.15) is 16.8 Å². The summed E-state index contributed by atoms with van der Waals surface area (Å²) >= 11 is 1.54. The molecule has 1 aliphatic rings. The second-order valence-electron chi connectivity index (χ2n) is 4.47. The molecule has 1 fully saturated rings. The fourth-order valence-electron chi connectivity index (χ4n) is 2.19. The zero-order valence-electron chi connectivity index (χ0n) is 10.4. The lowest BCUT2D eigenvalue weighted by Crippen LogP contribution is -2.30. The lowest BCUT2D eigenvalue weighted by molar-refractivity contribution is 0.0773. The summed E-state index contributed by atoms with van der Waals surface area (Å²) in [5.74, 6) is 0.909. The van der Waals surface area contributed by atoms with E-state index in [2.05, 4.69) is 4.98 Å². The summed E-state index contributed by atoms with van der Waals surface area (Å²) in [7, 11) is 0. The molecule has 1 amide bonds. The second kappa shape index (κ2) is 5.40. The molecule has 0 spiro atoms. The van der Waals surface area contributed by atoms with Gasteiger partial charge in [-0.05, 0) is 23.6 Å². The fraction of sp³-hybridized carbons (Fsp3) is 0.286. The highest BCUT2D eigenvalue weighted by Gasteiger charge is 2.28. The van der Waals surface area contributed by atoms with Crippen molar-refractivity contribution in [1.29, 1.82) is 0 Å². The number of carbonyl (C=O) groups is 1. The lowest BCUT2D eigenvalue weighted by atomic mass is 10.3. The van der Waals surface area contributed by atoms with E-state index in [1.165, 1.54) is 0 Å². The molecule has 3 rings (SSSR count). The molecule has 0 unspecified atom stereocenters. The number of hydrogen-bond acceptors (Lipinski definition) is 4. The predicted molar refractivity (Wildman–Crippen MR) is 73.5 cm³/mol. The summed E-state index contributed by atoms with van der Waals surface area (Å²) in [6.45, 7) is 1.40. The monoisotopic (exact) mass is 274 g/mol. The summed E-state index contributed by atoms with van der Waals surface area (Å²) in [5.41, 5.74) is 0.773. The van der Waals surface area contributed by atoms with Gasteiger partial charge in [0.25, 0.3) is 5.91 Å². The summed E-state index contributed by atoms with van der Waals surface area (Å²) in [5, 5.41) is 3.81. The highest BCUT2D eigenvalue weighted by molar-refractivity contribution is 7.08. The van der Waals surface area contributed by atoms with Gasteiger partial charge in [-0.1, -0.05) is 0 Å². The van der Waals surface area contributed by atoms with Gasteiger partial charge in [-0.3, -0.25) is 9.78 Å². The summed E-state index contributed by atoms with van der Waals surface area (Å²) in [6.07, 6.45) is 4.36. The zero-order chi connectivity index (χ0) is 13.1. The van der Waals surface area contributed by atoms with E-state index < -0.39 is 0 Å². The van der Waals surface area contributed by atoms with Crippen LogP contribution in [-0.2, 0) is 0 Å². The van der Waals surface area contributed by atoms with E-state index in [1.807, 2.05) is 33.9 Å². The third-order valence-electron chi connectivity index (χ3n) is 3.15. The van der Waals surface area contributed by atoms with Gasteiger partial charge in [0, 0.05) is 30.7 Å². The van der Waals surface area contributed by atoms with Gasteiger partial charge < -0.3 is 9.64 Å². The molecule has 2 aromatic rings. The van der Waals surface area contributed by atoms with Crippen LogP contribution in [0.3, 0.4) is 0 Å². The first kappa shape index (κ1) is 12.2. The van der Waals surface area contributed by atoms with Crippen LogP contribution in [0.2, 0.25) is 0 Å². The molecule has 0 saturated carbocycles. The molecule has 1 aliphatic heterocycles. The predicted octanol–water partition coefficient (Wildman–Crippen LogP) is 2.44. The molecule has 0 aliphatic carbocycles. The maximum atomic E-state index is 12.2. The standard InChI is InChI=1S/C14H14N2O2S/c17-14(11-4-8-19-10-11)16-7-3-13(9-16)18-12-1-5-15-6-2-12/h1-2,4-6,8,10,13H,3,7,9H2/t13-/m0/s1. The average molecular weight is 274 g/mol. The van der Waals surface area contributed by atoms with E-state index in [0.717, 1.165) is 24.3 Å². The van der Waals surface area contributed by atoms with Crippen molar-refractivity contribution in [3.8, 4) is 5.75 Å². The van der Waals surface area contributed by atoms with Crippen LogP contribution in [0.5, 0.6) is 5.75 Å². The molecule has 5 heteroatoms. The first-order chi connectivity index (χ1) is 9.33. The Morgan fingerprint density at radius 1 is 1.37 bits per heavy atom. The number of amides is 1. The number of hydrogen-bond donors (Lipinski definition) is 0. The smallest absolute Gasteiger partial charge is 0.254 e. The molecule has 2 aromatic heterocycles. The van der Waals surface area contributed by atoms with E-state index in [4.69, 9.17) is 4.74 Å². The topological polar surface area (TPSA) is 42.4 Å². The first-order valence-electron chi connectivity index (χ1n) is 6.21. The Hall–Kier alpha value is -1.88. The Labute approximate surface area is 115 Å². The van der Waals surface area contributed by atoms with Crippen LogP contribution in [-0.4, -0.2) is 35.0 Å². The normalized spacial score (nSPS) is 18.5. The maximum absolute atomic E-state index is 12.2. The molecule has 98 valence electrons. The molecular weight excluding hydrogens is 260 g/mol. The maximum Gasteiger partial charge on any atom is 0.254 e. The molecular formula is C14H14N2O2S. The van der Waals surface area contributed by atoms with Crippen molar-refractivity contribution in [2.24, 2.45) is 0 Å². The van der Waals surface area contributed by atoms with Crippen molar-refractivity contribution >= 4 is 17.2 Å². The van der Waals surface area contributed by atoms with Gasteiger partial charge in [-0.2, -0.15) is 11.3 Å². The van der Waals surface area contributed by atoms with E-state index in [1.54, 1.807) is 23.7 Å². The van der Waals surface area contributed by atoms with Crippen molar-refractivity contribution in [3.05, 3.63) is 46.9 Å². The van der Waals surface area contributed by atoms with Crippen molar-refractivity contribution in [2.75, 3.05) is 13.1 Å². The number of nitrogens with zero attached hydrogens (tertiary/aromatic N) is 2. The zero-order valence-corrected chi connectivity index (χ0v) is 11.2. The number of ether oxygens (including phenoxy) is 1. The van der Waals surface area contributed by atoms with Crippen LogP contribution < -0.4 is 4.74 Å². The minimum Gasteiger partial charge on any atom is -0.488 e. The Kier molecular flexibility index (Phi) is 3.46. The van der Waals surface area contributed by atoms with Crippen LogP contribution in [0.4, 0.5) is 0 Å². The van der Waals surface area contributed by atoms with Crippen molar-refractivity contribution in [3.63, 3.8) is 0 Å². The number of pyridine rings is 1. The Morgan fingerprint density at radius 3 is 2.95 bits per heavy atom. The highest BCUT2D eigenvalue weighted by atomic mass is 32.1. The Morgan fingerprint density at radius 2 is 2.21 bits per heavy atom. The van der Waals surface area contributed by atoms with Gasteiger partial charge in [-0.15, -0.1) is 0 Å². The van der Waals surface area contributed by atoms with Crippen molar-refractivity contribution < 1.29 is 9.53 Å². The molecule has 4 nitrogen and oxygen atoms in total. The molecule has 19 heavy (non-hydrogen) atoms. The number of rotatable bonds is 3. The largest absolute Gasteiger partial charge is 0.488 e. The van der Waals surface area contributed by atoms with Gasteiger partial charge in [-0.25, -0.2) is 0 Å². The number of aromatic nitrogens is 1. The molecule has 0 bridgehead atoms. The fourth-order valence-corrected chi connectivity index (χ4v) is 2.82. The number of thiophene rings is 1. The lowest BCUT2D eigenvalue weighted by Gasteiger charge is -2.16. The minimum absolute atomic E-state index is 0.0741. The van der Waals surface area contributed by atoms with E-state index in [9.17, 15) is 4.79 Å². The van der Waals surface area contributed by atoms with Crippen LogP contribution in [0.25, 0.3) is 0 Å². The van der Waals surface area contributed by atoms with Crippen molar-refractivity contribution in [1.82, 2.24) is 9.88 Å². The van der Waals surface area contributed by atoms with E-state index in [-0.39, 0.29) is 12.0 Å². The van der Waals surface area contributed by atoms with Gasteiger partial charge in [0.2, 0.25) is 0 Å². The van der Waals surface area contributed by atoms with Crippen LogP contribution >= 0.6 is 11.3 Å². The molecule has 1 saturated heterocycles. The first-order valence-corrected chi connectivity index (χ1v) is 7.15. The quantitative estimate of drug-likeness (QED) is 0.863. The van der Waals surface area contributed by atoms with Crippen LogP contribution in [0, 0.1) is 0 Å². The van der Waals surface area contributed by atoms with E-state index >= 15 is 0 Å². The van der Waals surface area contributed by atoms with Crippen LogP contribution in [0.15, 0.2) is 41.4 Å². The van der Waals surface area contributed by atoms with Gasteiger partial charge in [0.15, 0.2) is 0 Å². The van der Waals surface area contributed by atoms with Gasteiger partial charge in [0.05, 0.1) is 12.1 Å². The third-order valence-corrected chi connectivity index (χ3v) is 3.84. The van der Waals surface area contributed by atoms with E-state index in [0.29, 0.717) is 6.54 Å². The van der Waals surface area contributed by atoms with Gasteiger partial charge >= 0.3 is 0 Å². The Bertz CT molecular complexity index is 542. The summed E-state index contributed by atoms with van der Waals surface area (Å²) in [6, 6.07) is 5.54. The SMILES string of the molecule is O=C(c1ccsc1)N1CC[C@H](Oc2ccncc2)C1. The van der Waals surface area contributed by atoms with Crippen molar-refractivity contribution in [2.45, 2.75) is 12.5 Å². The molecule has 0 aromatic carbocycles. The molecule has 3 heterocycles. The number of likely N-dealkylation sites (tertiary alicyclic amines) is 1. The molecule has 0 radical (unpaired) electrons. The second-order valence-corrected chi connectivity index (χ2v) is 5.25. The Balaban J connectivity index is 1.60. The molecule has 1 atom stereocenters. The summed E-state index contributed by atoms with van der Waals surface area (Å²) in [4.78, 5) is 18.0. The minimum atomic E-state index is 0.0741. The average Bonchev–Trinajstić information content (AvgIpc) is 3.10. The third kappa shape index (κ3) is 2.76. The summed E-state index contributed by atoms with van der Waals surface area (Å²) < 4.78 is 5.84.